The van der Waals surface area contributed by atoms with E-state index in [1.807, 2.05) is 13.8 Å². The van der Waals surface area contributed by atoms with Gasteiger partial charge in [-0.25, -0.2) is 0 Å². The maximum atomic E-state index is 11.9. The summed E-state index contributed by atoms with van der Waals surface area (Å²) < 4.78 is 11.9. The lowest BCUT2D eigenvalue weighted by atomic mass is 10.1. The molecule has 94 valence electrons. The van der Waals surface area contributed by atoms with Crippen LogP contribution in [0.15, 0.2) is 23.1 Å². The Morgan fingerprint density at radius 1 is 1.35 bits per heavy atom. The lowest BCUT2D eigenvalue weighted by molar-refractivity contribution is -0.119. The summed E-state index contributed by atoms with van der Waals surface area (Å²) in [7, 11) is -1.35. The standard InChI is InChI=1S/C12H14Cl2O2S/c1-3-8(2)12(15)7-17(16)9-4-5-10(13)11(14)6-9/h4-6,8H,3,7H2,1-2H3. The normalized spacial score (nSPS) is 14.4. The van der Waals surface area contributed by atoms with Gasteiger partial charge in [-0.2, -0.15) is 0 Å². The number of carbonyl (C=O) groups is 1. The van der Waals surface area contributed by atoms with E-state index < -0.39 is 10.8 Å². The topological polar surface area (TPSA) is 34.1 Å². The van der Waals surface area contributed by atoms with Crippen LogP contribution in [0.1, 0.15) is 20.3 Å². The van der Waals surface area contributed by atoms with Crippen LogP contribution >= 0.6 is 23.2 Å². The summed E-state index contributed by atoms with van der Waals surface area (Å²) in [6, 6.07) is 4.77. The van der Waals surface area contributed by atoms with Crippen LogP contribution < -0.4 is 0 Å². The molecule has 17 heavy (non-hydrogen) atoms. The maximum Gasteiger partial charge on any atom is 0.148 e. The molecule has 0 heterocycles. The van der Waals surface area contributed by atoms with Gasteiger partial charge < -0.3 is 0 Å². The van der Waals surface area contributed by atoms with E-state index in [4.69, 9.17) is 23.2 Å². The van der Waals surface area contributed by atoms with Crippen LogP contribution in [-0.2, 0) is 15.6 Å². The van der Waals surface area contributed by atoms with Crippen LogP contribution in [0.4, 0.5) is 0 Å². The monoisotopic (exact) mass is 292 g/mol. The van der Waals surface area contributed by atoms with E-state index in [2.05, 4.69) is 0 Å². The van der Waals surface area contributed by atoms with Gasteiger partial charge in [0.15, 0.2) is 0 Å². The van der Waals surface area contributed by atoms with Crippen molar-refractivity contribution in [2.75, 3.05) is 5.75 Å². The first-order valence-corrected chi connectivity index (χ1v) is 7.39. The molecule has 1 aromatic carbocycles. The van der Waals surface area contributed by atoms with Crippen LogP contribution in [0.25, 0.3) is 0 Å². The molecule has 0 saturated heterocycles. The van der Waals surface area contributed by atoms with E-state index in [-0.39, 0.29) is 17.5 Å². The molecule has 0 fully saturated rings. The Balaban J connectivity index is 2.77. The quantitative estimate of drug-likeness (QED) is 0.829. The zero-order valence-corrected chi connectivity index (χ0v) is 12.0. The molecule has 2 atom stereocenters. The molecule has 0 saturated carbocycles. The summed E-state index contributed by atoms with van der Waals surface area (Å²) in [5, 5.41) is 0.772. The molecule has 2 nitrogen and oxygen atoms in total. The highest BCUT2D eigenvalue weighted by Gasteiger charge is 2.16. The molecule has 0 aliphatic rings. The van der Waals surface area contributed by atoms with Crippen LogP contribution in [-0.4, -0.2) is 15.7 Å². The van der Waals surface area contributed by atoms with Gasteiger partial charge in [-0.1, -0.05) is 37.0 Å². The Kier molecular flexibility index (Phi) is 5.63. The molecule has 0 amide bonds. The first kappa shape index (κ1) is 14.7. The third-order valence-electron chi connectivity index (χ3n) is 2.59. The Hall–Kier alpha value is -0.380. The van der Waals surface area contributed by atoms with Crippen molar-refractivity contribution < 1.29 is 9.00 Å². The lowest BCUT2D eigenvalue weighted by Crippen LogP contribution is -2.18. The third kappa shape index (κ3) is 4.09. The van der Waals surface area contributed by atoms with Gasteiger partial charge in [0.1, 0.15) is 5.78 Å². The van der Waals surface area contributed by atoms with Gasteiger partial charge in [0, 0.05) is 10.8 Å². The SMILES string of the molecule is CCC(C)C(=O)CS(=O)c1ccc(Cl)c(Cl)c1. The predicted octanol–water partition coefficient (Wildman–Crippen LogP) is 3.72. The molecular weight excluding hydrogens is 279 g/mol. The number of hydrogen-bond donors (Lipinski definition) is 0. The van der Waals surface area contributed by atoms with Gasteiger partial charge in [0.25, 0.3) is 0 Å². The van der Waals surface area contributed by atoms with Crippen molar-refractivity contribution in [3.63, 3.8) is 0 Å². The number of halogens is 2. The number of carbonyl (C=O) groups excluding carboxylic acids is 1. The average Bonchev–Trinajstić information content (AvgIpc) is 2.31. The Labute approximate surface area is 114 Å². The summed E-state index contributed by atoms with van der Waals surface area (Å²) in [4.78, 5) is 12.2. The van der Waals surface area contributed by atoms with Crippen molar-refractivity contribution in [1.82, 2.24) is 0 Å². The summed E-state index contributed by atoms with van der Waals surface area (Å²) >= 11 is 11.6. The van der Waals surface area contributed by atoms with Gasteiger partial charge in [-0.15, -0.1) is 0 Å². The van der Waals surface area contributed by atoms with E-state index in [9.17, 15) is 9.00 Å². The van der Waals surface area contributed by atoms with Crippen molar-refractivity contribution in [2.24, 2.45) is 5.92 Å². The van der Waals surface area contributed by atoms with Gasteiger partial charge in [0.05, 0.1) is 26.6 Å². The lowest BCUT2D eigenvalue weighted by Gasteiger charge is -2.07. The van der Waals surface area contributed by atoms with E-state index in [0.717, 1.165) is 6.42 Å². The summed E-state index contributed by atoms with van der Waals surface area (Å²) in [6.45, 7) is 3.78. The van der Waals surface area contributed by atoms with Crippen molar-refractivity contribution in [3.05, 3.63) is 28.2 Å². The molecule has 0 radical (unpaired) electrons. The molecule has 1 rings (SSSR count). The van der Waals surface area contributed by atoms with E-state index in [1.165, 1.54) is 0 Å². The summed E-state index contributed by atoms with van der Waals surface area (Å²) in [5.74, 6) is -0.00825. The van der Waals surface area contributed by atoms with Crippen LogP contribution in [0.2, 0.25) is 10.0 Å². The number of hydrogen-bond acceptors (Lipinski definition) is 2. The number of rotatable bonds is 5. The highest BCUT2D eigenvalue weighted by molar-refractivity contribution is 7.85. The molecule has 0 N–H and O–H groups in total. The molecular formula is C12H14Cl2O2S. The third-order valence-corrected chi connectivity index (χ3v) is 4.65. The Morgan fingerprint density at radius 2 is 2.00 bits per heavy atom. The van der Waals surface area contributed by atoms with Crippen molar-refractivity contribution in [1.29, 1.82) is 0 Å². The van der Waals surface area contributed by atoms with Crippen molar-refractivity contribution >= 4 is 39.8 Å². The predicted molar refractivity (Wildman–Crippen MR) is 72.2 cm³/mol. The molecule has 5 heteroatoms. The molecule has 0 aromatic heterocycles. The smallest absolute Gasteiger partial charge is 0.148 e. The second kappa shape index (κ2) is 6.53. The van der Waals surface area contributed by atoms with E-state index in [1.54, 1.807) is 18.2 Å². The fraction of sp³-hybridized carbons (Fsp3) is 0.417. The average molecular weight is 293 g/mol. The molecule has 0 aliphatic carbocycles. The summed E-state index contributed by atoms with van der Waals surface area (Å²) in [5.41, 5.74) is 0. The van der Waals surface area contributed by atoms with Gasteiger partial charge in [-0.3, -0.25) is 9.00 Å². The van der Waals surface area contributed by atoms with Crippen LogP contribution in [0, 0.1) is 5.92 Å². The fourth-order valence-electron chi connectivity index (χ4n) is 1.20. The fourth-order valence-corrected chi connectivity index (χ4v) is 2.74. The second-order valence-electron chi connectivity index (χ2n) is 3.84. The minimum atomic E-state index is -1.35. The first-order valence-electron chi connectivity index (χ1n) is 5.31. The van der Waals surface area contributed by atoms with Crippen molar-refractivity contribution in [2.45, 2.75) is 25.2 Å². The Morgan fingerprint density at radius 3 is 2.53 bits per heavy atom. The van der Waals surface area contributed by atoms with Gasteiger partial charge in [0.2, 0.25) is 0 Å². The van der Waals surface area contributed by atoms with E-state index in [0.29, 0.717) is 14.9 Å². The minimum Gasteiger partial charge on any atom is -0.298 e. The highest BCUT2D eigenvalue weighted by atomic mass is 35.5. The molecule has 2 unspecified atom stereocenters. The van der Waals surface area contributed by atoms with Crippen molar-refractivity contribution in [3.8, 4) is 0 Å². The molecule has 0 bridgehead atoms. The largest absolute Gasteiger partial charge is 0.298 e. The minimum absolute atomic E-state index is 0.0110. The number of Topliss-reactive ketones (excluding diaryl/α,β-unsaturated/α-hetero) is 1. The van der Waals surface area contributed by atoms with Gasteiger partial charge in [-0.05, 0) is 24.6 Å². The zero-order valence-electron chi connectivity index (χ0n) is 9.70. The zero-order chi connectivity index (χ0) is 13.0. The second-order valence-corrected chi connectivity index (χ2v) is 6.11. The summed E-state index contributed by atoms with van der Waals surface area (Å²) in [6.07, 6.45) is 0.761. The van der Waals surface area contributed by atoms with Crippen LogP contribution in [0.5, 0.6) is 0 Å². The molecule has 0 aliphatic heterocycles. The number of ketones is 1. The Bertz CT molecular complexity index is 446. The molecule has 0 spiro atoms. The first-order chi connectivity index (χ1) is 7.95. The van der Waals surface area contributed by atoms with E-state index >= 15 is 0 Å². The van der Waals surface area contributed by atoms with Gasteiger partial charge >= 0.3 is 0 Å². The number of benzene rings is 1. The highest BCUT2D eigenvalue weighted by Crippen LogP contribution is 2.24. The van der Waals surface area contributed by atoms with Crippen LogP contribution in [0.3, 0.4) is 0 Å². The maximum absolute atomic E-state index is 11.9. The molecule has 1 aromatic rings.